The molecule has 3 rings (SSSR count). The predicted octanol–water partition coefficient (Wildman–Crippen LogP) is 0.916. The second-order valence-corrected chi connectivity index (χ2v) is 5.42. The second kappa shape index (κ2) is 4.24. The van der Waals surface area contributed by atoms with Crippen molar-refractivity contribution in [1.82, 2.24) is 24.6 Å². The zero-order chi connectivity index (χ0) is 12.6. The molecule has 5 nitrogen and oxygen atoms in total. The van der Waals surface area contributed by atoms with Gasteiger partial charge in [0, 0.05) is 42.7 Å². The van der Waals surface area contributed by atoms with E-state index >= 15 is 0 Å². The highest BCUT2D eigenvalue weighted by Crippen LogP contribution is 2.30. The smallest absolute Gasteiger partial charge is 0.0951 e. The van der Waals surface area contributed by atoms with Gasteiger partial charge in [0.2, 0.25) is 0 Å². The molecule has 1 unspecified atom stereocenters. The molecule has 2 aromatic rings. The molecule has 0 radical (unpaired) electrons. The minimum atomic E-state index is 0.207. The number of aromatic nitrogens is 4. The molecule has 0 bridgehead atoms. The van der Waals surface area contributed by atoms with Crippen LogP contribution in [-0.4, -0.2) is 32.4 Å². The Hall–Kier alpha value is -1.62. The van der Waals surface area contributed by atoms with Gasteiger partial charge in [0.15, 0.2) is 0 Å². The van der Waals surface area contributed by atoms with E-state index in [0.29, 0.717) is 0 Å². The van der Waals surface area contributed by atoms with Crippen LogP contribution in [0.25, 0.3) is 0 Å². The lowest BCUT2D eigenvalue weighted by Gasteiger charge is -2.24. The minimum absolute atomic E-state index is 0.207. The Morgan fingerprint density at radius 2 is 2.33 bits per heavy atom. The highest BCUT2D eigenvalue weighted by Gasteiger charge is 2.33. The first kappa shape index (κ1) is 11.5. The molecule has 3 heterocycles. The van der Waals surface area contributed by atoms with Crippen molar-refractivity contribution in [2.75, 3.05) is 13.1 Å². The fourth-order valence-corrected chi connectivity index (χ4v) is 2.74. The molecule has 2 aromatic heterocycles. The van der Waals surface area contributed by atoms with E-state index in [1.54, 1.807) is 0 Å². The van der Waals surface area contributed by atoms with E-state index in [1.807, 2.05) is 30.5 Å². The standard InChI is InChI=1S/C13H19N5/c1-13(3-4-14-9-13)12-6-15-10-18(12)8-11-5-16-17(2)7-11/h5-7,10,14H,3-4,8-9H2,1-2H3. The summed E-state index contributed by atoms with van der Waals surface area (Å²) in [5.41, 5.74) is 2.74. The van der Waals surface area contributed by atoms with Crippen molar-refractivity contribution in [1.29, 1.82) is 0 Å². The van der Waals surface area contributed by atoms with Crippen LogP contribution in [0.2, 0.25) is 0 Å². The largest absolute Gasteiger partial charge is 0.329 e. The maximum Gasteiger partial charge on any atom is 0.0951 e. The third kappa shape index (κ3) is 1.95. The molecule has 0 amide bonds. The average Bonchev–Trinajstić information content (AvgIpc) is 3.02. The Morgan fingerprint density at radius 1 is 1.44 bits per heavy atom. The maximum absolute atomic E-state index is 4.32. The van der Waals surface area contributed by atoms with Crippen LogP contribution in [0, 0.1) is 0 Å². The van der Waals surface area contributed by atoms with Gasteiger partial charge in [-0.2, -0.15) is 5.10 Å². The molecular weight excluding hydrogens is 226 g/mol. The van der Waals surface area contributed by atoms with Crippen molar-refractivity contribution in [3.8, 4) is 0 Å². The quantitative estimate of drug-likeness (QED) is 0.874. The monoisotopic (exact) mass is 245 g/mol. The summed E-state index contributed by atoms with van der Waals surface area (Å²) in [5.74, 6) is 0. The van der Waals surface area contributed by atoms with E-state index in [0.717, 1.165) is 19.6 Å². The Kier molecular flexibility index (Phi) is 2.70. The summed E-state index contributed by atoms with van der Waals surface area (Å²) >= 11 is 0. The van der Waals surface area contributed by atoms with Crippen molar-refractivity contribution in [2.24, 2.45) is 7.05 Å². The van der Waals surface area contributed by atoms with Crippen LogP contribution in [0.3, 0.4) is 0 Å². The van der Waals surface area contributed by atoms with Crippen LogP contribution in [0.4, 0.5) is 0 Å². The van der Waals surface area contributed by atoms with E-state index in [9.17, 15) is 0 Å². The summed E-state index contributed by atoms with van der Waals surface area (Å²) in [7, 11) is 1.94. The van der Waals surface area contributed by atoms with E-state index in [2.05, 4.69) is 33.1 Å². The fourth-order valence-electron chi connectivity index (χ4n) is 2.74. The van der Waals surface area contributed by atoms with Crippen LogP contribution in [0.15, 0.2) is 24.9 Å². The van der Waals surface area contributed by atoms with Gasteiger partial charge in [-0.25, -0.2) is 4.98 Å². The fraction of sp³-hybridized carbons (Fsp3) is 0.538. The van der Waals surface area contributed by atoms with Crippen LogP contribution in [-0.2, 0) is 19.0 Å². The summed E-state index contributed by atoms with van der Waals surface area (Å²) in [6.07, 6.45) is 9.07. The van der Waals surface area contributed by atoms with Crippen molar-refractivity contribution in [2.45, 2.75) is 25.3 Å². The minimum Gasteiger partial charge on any atom is -0.329 e. The van der Waals surface area contributed by atoms with Crippen LogP contribution >= 0.6 is 0 Å². The number of hydrogen-bond donors (Lipinski definition) is 1. The third-order valence-corrected chi connectivity index (χ3v) is 3.81. The predicted molar refractivity (Wildman–Crippen MR) is 69.4 cm³/mol. The zero-order valence-corrected chi connectivity index (χ0v) is 10.9. The molecule has 1 fully saturated rings. The van der Waals surface area contributed by atoms with Gasteiger partial charge >= 0.3 is 0 Å². The van der Waals surface area contributed by atoms with E-state index in [-0.39, 0.29) is 5.41 Å². The Balaban J connectivity index is 1.87. The molecular formula is C13H19N5. The van der Waals surface area contributed by atoms with Crippen molar-refractivity contribution >= 4 is 0 Å². The SMILES string of the molecule is Cn1cc(Cn2cncc2C2(C)CCNC2)cn1. The molecule has 18 heavy (non-hydrogen) atoms. The zero-order valence-electron chi connectivity index (χ0n) is 10.9. The molecule has 5 heteroatoms. The molecule has 0 saturated carbocycles. The number of hydrogen-bond acceptors (Lipinski definition) is 3. The van der Waals surface area contributed by atoms with E-state index < -0.39 is 0 Å². The topological polar surface area (TPSA) is 47.7 Å². The van der Waals surface area contributed by atoms with Crippen molar-refractivity contribution < 1.29 is 0 Å². The molecule has 0 aliphatic carbocycles. The first-order valence-electron chi connectivity index (χ1n) is 6.36. The molecule has 1 aliphatic rings. The van der Waals surface area contributed by atoms with Gasteiger partial charge in [-0.15, -0.1) is 0 Å². The lowest BCUT2D eigenvalue weighted by molar-refractivity contribution is 0.481. The third-order valence-electron chi connectivity index (χ3n) is 3.81. The van der Waals surface area contributed by atoms with Crippen molar-refractivity contribution in [3.63, 3.8) is 0 Å². The van der Waals surface area contributed by atoms with E-state index in [4.69, 9.17) is 0 Å². The highest BCUT2D eigenvalue weighted by atomic mass is 15.2. The molecule has 0 aromatic carbocycles. The van der Waals surface area contributed by atoms with Gasteiger partial charge in [0.1, 0.15) is 0 Å². The Bertz CT molecular complexity index is 533. The summed E-state index contributed by atoms with van der Waals surface area (Å²) < 4.78 is 4.08. The summed E-state index contributed by atoms with van der Waals surface area (Å²) in [4.78, 5) is 4.32. The second-order valence-electron chi connectivity index (χ2n) is 5.42. The van der Waals surface area contributed by atoms with Gasteiger partial charge in [-0.1, -0.05) is 6.92 Å². The number of rotatable bonds is 3. The Morgan fingerprint density at radius 3 is 3.00 bits per heavy atom. The summed E-state index contributed by atoms with van der Waals surface area (Å²) in [6, 6.07) is 0. The van der Waals surface area contributed by atoms with Gasteiger partial charge in [0.25, 0.3) is 0 Å². The van der Waals surface area contributed by atoms with E-state index in [1.165, 1.54) is 17.7 Å². The lowest BCUT2D eigenvalue weighted by Crippen LogP contribution is -2.28. The molecule has 1 aliphatic heterocycles. The van der Waals surface area contributed by atoms with Crippen LogP contribution in [0.5, 0.6) is 0 Å². The first-order chi connectivity index (χ1) is 8.67. The number of imidazole rings is 1. The first-order valence-corrected chi connectivity index (χ1v) is 6.36. The average molecular weight is 245 g/mol. The van der Waals surface area contributed by atoms with Crippen LogP contribution in [0.1, 0.15) is 24.6 Å². The maximum atomic E-state index is 4.32. The molecule has 1 saturated heterocycles. The van der Waals surface area contributed by atoms with Gasteiger partial charge in [-0.3, -0.25) is 4.68 Å². The molecule has 96 valence electrons. The normalized spacial score (nSPS) is 23.7. The van der Waals surface area contributed by atoms with Crippen LogP contribution < -0.4 is 5.32 Å². The highest BCUT2D eigenvalue weighted by molar-refractivity contribution is 5.19. The van der Waals surface area contributed by atoms with Gasteiger partial charge in [0.05, 0.1) is 19.1 Å². The van der Waals surface area contributed by atoms with Gasteiger partial charge < -0.3 is 9.88 Å². The summed E-state index contributed by atoms with van der Waals surface area (Å²) in [6.45, 7) is 5.28. The Labute approximate surface area is 107 Å². The summed E-state index contributed by atoms with van der Waals surface area (Å²) in [5, 5.41) is 7.65. The number of aryl methyl sites for hydroxylation is 1. The lowest BCUT2D eigenvalue weighted by atomic mass is 9.86. The molecule has 0 spiro atoms. The molecule has 1 atom stereocenters. The number of nitrogens with zero attached hydrogens (tertiary/aromatic N) is 4. The van der Waals surface area contributed by atoms with Gasteiger partial charge in [-0.05, 0) is 13.0 Å². The van der Waals surface area contributed by atoms with Crippen molar-refractivity contribution in [3.05, 3.63) is 36.2 Å². The number of nitrogens with one attached hydrogen (secondary N) is 1. The molecule has 1 N–H and O–H groups in total.